The highest BCUT2D eigenvalue weighted by molar-refractivity contribution is 5.82. The number of nitrogens with one attached hydrogen (secondary N) is 2. The Kier molecular flexibility index (Phi) is 5.50. The third-order valence-electron chi connectivity index (χ3n) is 7.08. The fraction of sp³-hybridized carbons (Fsp3) is 0.400. The van der Waals surface area contributed by atoms with Crippen LogP contribution in [0.5, 0.6) is 0 Å². The van der Waals surface area contributed by atoms with E-state index < -0.39 is 35.7 Å². The summed E-state index contributed by atoms with van der Waals surface area (Å²) < 4.78 is 32.3. The minimum atomic E-state index is -3.28. The Balaban J connectivity index is 1.06. The maximum atomic E-state index is 13.4. The molecule has 2 aromatic carbocycles. The maximum Gasteiger partial charge on any atom is 0.407 e. The number of ether oxygens (including phenoxy) is 1. The van der Waals surface area contributed by atoms with Crippen LogP contribution < -0.4 is 10.6 Å². The van der Waals surface area contributed by atoms with Gasteiger partial charge in [-0.05, 0) is 34.6 Å². The van der Waals surface area contributed by atoms with Crippen LogP contribution in [0.4, 0.5) is 13.6 Å². The van der Waals surface area contributed by atoms with Crippen molar-refractivity contribution >= 4 is 18.0 Å². The monoisotopic (exact) mass is 470 g/mol. The second-order valence-corrected chi connectivity index (χ2v) is 9.15. The van der Waals surface area contributed by atoms with Gasteiger partial charge in [0.15, 0.2) is 0 Å². The molecule has 2 saturated carbocycles. The van der Waals surface area contributed by atoms with Gasteiger partial charge in [-0.25, -0.2) is 13.6 Å². The van der Waals surface area contributed by atoms with E-state index in [1.54, 1.807) is 0 Å². The lowest BCUT2D eigenvalue weighted by Gasteiger charge is -2.14. The molecule has 0 spiro atoms. The molecular weight excluding hydrogens is 446 g/mol. The molecule has 2 aromatic rings. The average Bonchev–Trinajstić information content (AvgIpc) is 3.67. The van der Waals surface area contributed by atoms with Gasteiger partial charge in [0.25, 0.3) is 5.92 Å². The molecule has 2 unspecified atom stereocenters. The van der Waals surface area contributed by atoms with E-state index in [2.05, 4.69) is 22.8 Å². The van der Waals surface area contributed by atoms with Crippen LogP contribution >= 0.6 is 0 Å². The number of amides is 2. The molecule has 9 heteroatoms. The van der Waals surface area contributed by atoms with Crippen LogP contribution in [-0.2, 0) is 14.3 Å². The van der Waals surface area contributed by atoms with E-state index in [0.29, 0.717) is 6.42 Å². The molecule has 5 rings (SSSR count). The largest absolute Gasteiger partial charge is 0.481 e. The molecule has 3 aliphatic rings. The molecule has 3 aliphatic carbocycles. The molecule has 0 saturated heterocycles. The minimum absolute atomic E-state index is 0.0484. The van der Waals surface area contributed by atoms with Gasteiger partial charge in [-0.3, -0.25) is 9.59 Å². The number of hydrogen-bond donors (Lipinski definition) is 3. The zero-order valence-electron chi connectivity index (χ0n) is 18.2. The summed E-state index contributed by atoms with van der Waals surface area (Å²) >= 11 is 0. The second-order valence-electron chi connectivity index (χ2n) is 9.15. The first-order chi connectivity index (χ1) is 16.3. The number of halogens is 2. The fourth-order valence-corrected chi connectivity index (χ4v) is 4.98. The molecule has 34 heavy (non-hydrogen) atoms. The summed E-state index contributed by atoms with van der Waals surface area (Å²) in [6.45, 7) is 0.0622. The van der Waals surface area contributed by atoms with Crippen LogP contribution in [0.3, 0.4) is 0 Å². The topological polar surface area (TPSA) is 105 Å². The number of fused-ring (bicyclic) bond motifs is 3. The Morgan fingerprint density at radius 3 is 2.18 bits per heavy atom. The van der Waals surface area contributed by atoms with Gasteiger partial charge in [0.05, 0.1) is 5.92 Å². The predicted octanol–water partition coefficient (Wildman–Crippen LogP) is 3.24. The first-order valence-corrected chi connectivity index (χ1v) is 11.3. The highest BCUT2D eigenvalue weighted by Crippen LogP contribution is 2.55. The molecule has 7 nitrogen and oxygen atoms in total. The van der Waals surface area contributed by atoms with Gasteiger partial charge < -0.3 is 20.5 Å². The van der Waals surface area contributed by atoms with Crippen LogP contribution in [0.25, 0.3) is 11.1 Å². The highest BCUT2D eigenvalue weighted by Gasteiger charge is 2.72. The van der Waals surface area contributed by atoms with E-state index in [1.165, 1.54) is 0 Å². The van der Waals surface area contributed by atoms with Crippen molar-refractivity contribution in [1.82, 2.24) is 10.6 Å². The molecule has 4 atom stereocenters. The smallest absolute Gasteiger partial charge is 0.407 e. The van der Waals surface area contributed by atoms with Gasteiger partial charge in [0, 0.05) is 24.9 Å². The number of carboxylic acids is 1. The SMILES string of the molecule is O=C(NC[C@@H]1C[C@@H]1C(=O)NCC1C(C(=O)O)C1(F)F)OCC1c2ccccc2-c2ccccc21. The molecule has 0 aliphatic heterocycles. The zero-order chi connectivity index (χ0) is 24.0. The van der Waals surface area contributed by atoms with Crippen molar-refractivity contribution in [2.24, 2.45) is 23.7 Å². The minimum Gasteiger partial charge on any atom is -0.481 e. The highest BCUT2D eigenvalue weighted by atomic mass is 19.3. The van der Waals surface area contributed by atoms with E-state index in [-0.39, 0.29) is 37.5 Å². The Bertz CT molecular complexity index is 1110. The molecule has 0 bridgehead atoms. The first-order valence-electron chi connectivity index (χ1n) is 11.3. The number of alkyl halides is 2. The van der Waals surface area contributed by atoms with Crippen LogP contribution in [0.1, 0.15) is 23.5 Å². The Morgan fingerprint density at radius 2 is 1.59 bits per heavy atom. The van der Waals surface area contributed by atoms with Gasteiger partial charge in [-0.2, -0.15) is 0 Å². The molecule has 0 heterocycles. The van der Waals surface area contributed by atoms with E-state index in [9.17, 15) is 23.2 Å². The first kappa shape index (κ1) is 22.3. The number of carbonyl (C=O) groups is 3. The summed E-state index contributed by atoms with van der Waals surface area (Å²) in [5.74, 6) is -8.88. The summed E-state index contributed by atoms with van der Waals surface area (Å²) in [5.41, 5.74) is 4.50. The average molecular weight is 470 g/mol. The van der Waals surface area contributed by atoms with Crippen LogP contribution in [0.15, 0.2) is 48.5 Å². The van der Waals surface area contributed by atoms with Gasteiger partial charge in [0.2, 0.25) is 5.91 Å². The van der Waals surface area contributed by atoms with Crippen molar-refractivity contribution in [2.75, 3.05) is 19.7 Å². The number of carbonyl (C=O) groups excluding carboxylic acids is 2. The Morgan fingerprint density at radius 1 is 0.971 bits per heavy atom. The lowest BCUT2D eigenvalue weighted by atomic mass is 9.98. The normalized spacial score (nSPS) is 25.6. The van der Waals surface area contributed by atoms with Crippen molar-refractivity contribution < 1.29 is 33.0 Å². The van der Waals surface area contributed by atoms with Gasteiger partial charge >= 0.3 is 12.1 Å². The van der Waals surface area contributed by atoms with Crippen molar-refractivity contribution in [1.29, 1.82) is 0 Å². The van der Waals surface area contributed by atoms with Crippen LogP contribution in [0.2, 0.25) is 0 Å². The molecule has 178 valence electrons. The molecule has 0 radical (unpaired) electrons. The van der Waals surface area contributed by atoms with E-state index in [4.69, 9.17) is 9.84 Å². The van der Waals surface area contributed by atoms with Crippen molar-refractivity contribution in [3.63, 3.8) is 0 Å². The predicted molar refractivity (Wildman–Crippen MR) is 117 cm³/mol. The van der Waals surface area contributed by atoms with Crippen molar-refractivity contribution in [2.45, 2.75) is 18.3 Å². The Labute approximate surface area is 194 Å². The fourth-order valence-electron chi connectivity index (χ4n) is 4.98. The van der Waals surface area contributed by atoms with E-state index in [0.717, 1.165) is 22.3 Å². The standard InChI is InChI=1S/C25H24F2N2O5/c26-25(27)20(21(25)23(31)32)11-28-22(30)18-9-13(18)10-29-24(33)34-12-19-16-7-3-1-5-14(16)15-6-2-4-8-17(15)19/h1-8,13,18-21H,9-12H2,(H,28,30)(H,29,33)(H,31,32)/t13-,18-,20?,21?/m0/s1. The quantitative estimate of drug-likeness (QED) is 0.550. The van der Waals surface area contributed by atoms with Crippen LogP contribution in [0, 0.1) is 23.7 Å². The van der Waals surface area contributed by atoms with E-state index >= 15 is 0 Å². The summed E-state index contributed by atoms with van der Waals surface area (Å²) in [6, 6.07) is 16.1. The van der Waals surface area contributed by atoms with Crippen LogP contribution in [-0.4, -0.2) is 48.7 Å². The molecule has 3 N–H and O–H groups in total. The number of carboxylic acid groups (broad SMARTS) is 1. The lowest BCUT2D eigenvalue weighted by molar-refractivity contribution is -0.141. The summed E-state index contributed by atoms with van der Waals surface area (Å²) in [4.78, 5) is 35.2. The summed E-state index contributed by atoms with van der Waals surface area (Å²) in [5, 5.41) is 13.9. The van der Waals surface area contributed by atoms with Gasteiger partial charge in [-0.1, -0.05) is 48.5 Å². The van der Waals surface area contributed by atoms with Gasteiger partial charge in [0.1, 0.15) is 12.5 Å². The second kappa shape index (κ2) is 8.38. The third kappa shape index (κ3) is 3.99. The number of aliphatic carboxylic acids is 1. The van der Waals surface area contributed by atoms with E-state index in [1.807, 2.05) is 36.4 Å². The molecule has 2 fully saturated rings. The number of benzene rings is 2. The van der Waals surface area contributed by atoms with Crippen molar-refractivity contribution in [3.8, 4) is 11.1 Å². The van der Waals surface area contributed by atoms with Crippen molar-refractivity contribution in [3.05, 3.63) is 59.7 Å². The number of hydrogen-bond acceptors (Lipinski definition) is 4. The third-order valence-corrected chi connectivity index (χ3v) is 7.08. The molecular formula is C25H24F2N2O5. The molecule has 2 amide bonds. The summed E-state index contributed by atoms with van der Waals surface area (Å²) in [7, 11) is 0. The molecule has 0 aromatic heterocycles. The maximum absolute atomic E-state index is 13.4. The van der Waals surface area contributed by atoms with Gasteiger partial charge in [-0.15, -0.1) is 0 Å². The zero-order valence-corrected chi connectivity index (χ0v) is 18.2. The lowest BCUT2D eigenvalue weighted by Crippen LogP contribution is -2.31. The summed E-state index contributed by atoms with van der Waals surface area (Å²) in [6.07, 6.45) is -0.0475. The number of alkyl carbamates (subject to hydrolysis) is 1. The Hall–Kier alpha value is -3.49. The number of rotatable bonds is 8.